The Kier molecular flexibility index (Phi) is 5.22. The summed E-state index contributed by atoms with van der Waals surface area (Å²) in [6.45, 7) is 0. The van der Waals surface area contributed by atoms with E-state index in [2.05, 4.69) is 30.3 Å². The highest BCUT2D eigenvalue weighted by atomic mass is 32.1. The highest BCUT2D eigenvalue weighted by molar-refractivity contribution is 7.82. The number of benzene rings is 4. The molecule has 0 fully saturated rings. The second-order valence-electron chi connectivity index (χ2n) is 6.48. The smallest absolute Gasteiger partial charge is 0.204 e. The van der Waals surface area contributed by atoms with E-state index in [4.69, 9.17) is 12.2 Å². The number of carbonyl (C=O) groups is 1. The minimum absolute atomic E-state index is 0.127. The lowest BCUT2D eigenvalue weighted by atomic mass is 9.88. The monoisotopic (exact) mass is 378 g/mol. The quantitative estimate of drug-likeness (QED) is 0.287. The van der Waals surface area contributed by atoms with Crippen molar-refractivity contribution in [1.82, 2.24) is 0 Å². The normalized spacial score (nSPS) is 10.4. The van der Waals surface area contributed by atoms with Crippen molar-refractivity contribution in [3.8, 4) is 22.3 Å². The van der Waals surface area contributed by atoms with E-state index in [-0.39, 0.29) is 5.78 Å². The minimum Gasteiger partial charge on any atom is -0.288 e. The van der Waals surface area contributed by atoms with Crippen LogP contribution in [-0.2, 0) is 0 Å². The van der Waals surface area contributed by atoms with Crippen molar-refractivity contribution in [1.29, 1.82) is 0 Å². The molecule has 2 heteroatoms. The van der Waals surface area contributed by atoms with E-state index in [0.29, 0.717) is 10.4 Å². The van der Waals surface area contributed by atoms with Gasteiger partial charge in [-0.25, -0.2) is 0 Å². The Morgan fingerprint density at radius 3 is 1.71 bits per heavy atom. The average molecular weight is 378 g/mol. The number of hydrogen-bond donors (Lipinski definition) is 0. The molecule has 4 aromatic rings. The third kappa shape index (κ3) is 3.55. The molecule has 0 bridgehead atoms. The maximum atomic E-state index is 13.0. The van der Waals surface area contributed by atoms with E-state index in [0.717, 1.165) is 27.8 Å². The van der Waals surface area contributed by atoms with Crippen molar-refractivity contribution in [2.45, 2.75) is 0 Å². The lowest BCUT2D eigenvalue weighted by Gasteiger charge is -2.16. The Morgan fingerprint density at radius 2 is 1.11 bits per heavy atom. The topological polar surface area (TPSA) is 17.1 Å². The molecule has 0 N–H and O–H groups in total. The van der Waals surface area contributed by atoms with Crippen molar-refractivity contribution in [2.75, 3.05) is 0 Å². The molecule has 0 spiro atoms. The molecule has 0 heterocycles. The molecular weight excluding hydrogens is 360 g/mol. The number of rotatable bonds is 5. The first kappa shape index (κ1) is 18.0. The largest absolute Gasteiger partial charge is 0.288 e. The Balaban J connectivity index is 1.91. The van der Waals surface area contributed by atoms with Gasteiger partial charge in [-0.1, -0.05) is 121 Å². The molecule has 134 valence electrons. The summed E-state index contributed by atoms with van der Waals surface area (Å²) in [6, 6.07) is 35.5. The number of hydrogen-bond acceptors (Lipinski definition) is 2. The Labute approximate surface area is 170 Å². The average Bonchev–Trinajstić information content (AvgIpc) is 2.79. The zero-order valence-electron chi connectivity index (χ0n) is 15.2. The fraction of sp³-hybridized carbons (Fsp3) is 0. The molecular formula is C26H18OS. The summed E-state index contributed by atoms with van der Waals surface area (Å²) in [5.74, 6) is -0.127. The second kappa shape index (κ2) is 8.12. The van der Waals surface area contributed by atoms with Crippen molar-refractivity contribution in [3.05, 3.63) is 120 Å². The summed E-state index contributed by atoms with van der Waals surface area (Å²) >= 11 is 5.67. The third-order valence-corrected chi connectivity index (χ3v) is 5.10. The van der Waals surface area contributed by atoms with Gasteiger partial charge >= 0.3 is 0 Å². The molecule has 0 radical (unpaired) electrons. The van der Waals surface area contributed by atoms with Crippen LogP contribution in [0, 0.1) is 0 Å². The third-order valence-electron chi connectivity index (χ3n) is 4.70. The molecule has 28 heavy (non-hydrogen) atoms. The fourth-order valence-electron chi connectivity index (χ4n) is 3.36. The van der Waals surface area contributed by atoms with Crippen LogP contribution < -0.4 is 0 Å². The van der Waals surface area contributed by atoms with Crippen molar-refractivity contribution in [3.63, 3.8) is 0 Å². The van der Waals surface area contributed by atoms with Crippen LogP contribution in [0.15, 0.2) is 109 Å². The van der Waals surface area contributed by atoms with Gasteiger partial charge in [0.2, 0.25) is 5.78 Å². The lowest BCUT2D eigenvalue weighted by Crippen LogP contribution is -2.14. The van der Waals surface area contributed by atoms with Crippen LogP contribution in [0.4, 0.5) is 0 Å². The summed E-state index contributed by atoms with van der Waals surface area (Å²) in [6.07, 6.45) is 0. The van der Waals surface area contributed by atoms with Crippen LogP contribution in [0.2, 0.25) is 0 Å². The molecule has 0 aromatic heterocycles. The molecule has 4 rings (SSSR count). The van der Waals surface area contributed by atoms with Crippen LogP contribution in [0.3, 0.4) is 0 Å². The molecule has 1 nitrogen and oxygen atoms in total. The van der Waals surface area contributed by atoms with Gasteiger partial charge in [-0.2, -0.15) is 0 Å². The van der Waals surface area contributed by atoms with E-state index >= 15 is 0 Å². The summed E-state index contributed by atoms with van der Waals surface area (Å²) < 4.78 is 0. The predicted octanol–water partition coefficient (Wildman–Crippen LogP) is 6.62. The van der Waals surface area contributed by atoms with Crippen molar-refractivity contribution >= 4 is 22.9 Å². The van der Waals surface area contributed by atoms with Crippen LogP contribution in [0.25, 0.3) is 22.3 Å². The summed E-state index contributed by atoms with van der Waals surface area (Å²) in [4.78, 5) is 13.4. The molecule has 0 aliphatic heterocycles. The van der Waals surface area contributed by atoms with Gasteiger partial charge in [0.05, 0.1) is 4.86 Å². The number of carbonyl (C=O) groups excluding carboxylic acids is 1. The van der Waals surface area contributed by atoms with Gasteiger partial charge in [0, 0.05) is 11.1 Å². The van der Waals surface area contributed by atoms with E-state index in [9.17, 15) is 4.79 Å². The molecule has 0 saturated carbocycles. The zero-order valence-corrected chi connectivity index (χ0v) is 16.0. The Bertz CT molecular complexity index is 1120. The predicted molar refractivity (Wildman–Crippen MR) is 120 cm³/mol. The Morgan fingerprint density at radius 1 is 0.571 bits per heavy atom. The summed E-state index contributed by atoms with van der Waals surface area (Å²) in [5.41, 5.74) is 5.59. The van der Waals surface area contributed by atoms with Gasteiger partial charge in [-0.3, -0.25) is 4.79 Å². The van der Waals surface area contributed by atoms with Gasteiger partial charge < -0.3 is 0 Å². The van der Waals surface area contributed by atoms with Gasteiger partial charge in [0.1, 0.15) is 0 Å². The number of Topliss-reactive ketones (excluding diaryl/α,β-unsaturated/α-hetero) is 1. The zero-order chi connectivity index (χ0) is 19.3. The summed E-state index contributed by atoms with van der Waals surface area (Å²) in [5, 5.41) is 0. The van der Waals surface area contributed by atoms with E-state index < -0.39 is 0 Å². The van der Waals surface area contributed by atoms with E-state index in [1.54, 1.807) is 12.1 Å². The standard InChI is InChI=1S/C26H18OS/c27-25(21-15-8-3-9-16-21)26(28)23-18-10-17-22(19-11-4-1-5-12-19)24(23)20-13-6-2-7-14-20/h1-18H. The van der Waals surface area contributed by atoms with E-state index in [1.807, 2.05) is 66.7 Å². The van der Waals surface area contributed by atoms with Crippen LogP contribution in [0.1, 0.15) is 15.9 Å². The van der Waals surface area contributed by atoms with Crippen molar-refractivity contribution < 1.29 is 4.79 Å². The van der Waals surface area contributed by atoms with Gasteiger partial charge in [0.25, 0.3) is 0 Å². The van der Waals surface area contributed by atoms with Crippen LogP contribution in [-0.4, -0.2) is 10.6 Å². The Hall–Kier alpha value is -3.36. The lowest BCUT2D eigenvalue weighted by molar-refractivity contribution is 0.106. The number of ketones is 1. The highest BCUT2D eigenvalue weighted by Crippen LogP contribution is 2.35. The highest BCUT2D eigenvalue weighted by Gasteiger charge is 2.20. The SMILES string of the molecule is O=C(C(=S)c1cccc(-c2ccccc2)c1-c1ccccc1)c1ccccc1. The minimum atomic E-state index is -0.127. The first-order valence-electron chi connectivity index (χ1n) is 9.13. The summed E-state index contributed by atoms with van der Waals surface area (Å²) in [7, 11) is 0. The number of thiocarbonyl (C=S) groups is 1. The van der Waals surface area contributed by atoms with Crippen LogP contribution >= 0.6 is 12.2 Å². The molecule has 4 aromatic carbocycles. The first-order valence-corrected chi connectivity index (χ1v) is 9.54. The fourth-order valence-corrected chi connectivity index (χ4v) is 3.65. The molecule has 0 aliphatic carbocycles. The first-order chi connectivity index (χ1) is 13.8. The van der Waals surface area contributed by atoms with Gasteiger partial charge in [-0.15, -0.1) is 0 Å². The molecule has 0 atom stereocenters. The maximum Gasteiger partial charge on any atom is 0.204 e. The van der Waals surface area contributed by atoms with Gasteiger partial charge in [0.15, 0.2) is 0 Å². The van der Waals surface area contributed by atoms with Gasteiger partial charge in [-0.05, 0) is 22.3 Å². The van der Waals surface area contributed by atoms with Crippen LogP contribution in [0.5, 0.6) is 0 Å². The molecule has 0 saturated heterocycles. The molecule has 0 amide bonds. The maximum absolute atomic E-state index is 13.0. The second-order valence-corrected chi connectivity index (χ2v) is 6.89. The van der Waals surface area contributed by atoms with Crippen molar-refractivity contribution in [2.24, 2.45) is 0 Å². The van der Waals surface area contributed by atoms with E-state index in [1.165, 1.54) is 0 Å². The molecule has 0 aliphatic rings. The molecule has 0 unspecified atom stereocenters.